The average molecular weight is 435 g/mol. The normalized spacial score (nSPS) is 11.4. The van der Waals surface area contributed by atoms with Crippen molar-refractivity contribution in [3.8, 4) is 0 Å². The van der Waals surface area contributed by atoms with E-state index in [2.05, 4.69) is 10.4 Å². The number of aromatic nitrogens is 2. The van der Waals surface area contributed by atoms with Crippen LogP contribution in [0.1, 0.15) is 30.4 Å². The van der Waals surface area contributed by atoms with Crippen molar-refractivity contribution in [2.75, 3.05) is 0 Å². The molecule has 0 radical (unpaired) electrons. The molecule has 3 rings (SSSR count). The molecule has 0 bridgehead atoms. The molecule has 2 aromatic carbocycles. The number of nitrogens with one attached hydrogen (secondary N) is 1. The molecule has 3 aromatic rings. The molecule has 1 N–H and O–H groups in total. The summed E-state index contributed by atoms with van der Waals surface area (Å²) in [6.07, 6.45) is 4.95. The Hall–Kier alpha value is -3.74. The second kappa shape index (κ2) is 12.8. The quantitative estimate of drug-likeness (QED) is 0.283. The summed E-state index contributed by atoms with van der Waals surface area (Å²) in [6.45, 7) is 1.01. The Bertz CT molecular complexity index is 953. The fourth-order valence-corrected chi connectivity index (χ4v) is 3.10. The van der Waals surface area contributed by atoms with Crippen LogP contribution >= 0.6 is 0 Å². The van der Waals surface area contributed by atoms with Crippen LogP contribution in [0.25, 0.3) is 0 Å². The van der Waals surface area contributed by atoms with Gasteiger partial charge in [0.05, 0.1) is 6.20 Å². The predicted octanol–water partition coefficient (Wildman–Crippen LogP) is 3.58. The summed E-state index contributed by atoms with van der Waals surface area (Å²) in [6, 6.07) is 21.8. The van der Waals surface area contributed by atoms with E-state index >= 15 is 0 Å². The molecule has 32 heavy (non-hydrogen) atoms. The Balaban J connectivity index is 1.51. The van der Waals surface area contributed by atoms with Crippen LogP contribution in [0, 0.1) is 0 Å². The number of hydrogen-bond acceptors (Lipinski definition) is 5. The van der Waals surface area contributed by atoms with E-state index in [1.807, 2.05) is 83.7 Å². The van der Waals surface area contributed by atoms with E-state index < -0.39 is 18.1 Å². The summed E-state index contributed by atoms with van der Waals surface area (Å²) >= 11 is 0. The summed E-state index contributed by atoms with van der Waals surface area (Å²) in [5.74, 6) is -0.476. The minimum absolute atomic E-state index is 0.134. The maximum absolute atomic E-state index is 12.7. The monoisotopic (exact) mass is 434 g/mol. The molecule has 0 spiro atoms. The lowest BCUT2D eigenvalue weighted by molar-refractivity contribution is -0.754. The van der Waals surface area contributed by atoms with Crippen molar-refractivity contribution in [1.82, 2.24) is 10.4 Å². The van der Waals surface area contributed by atoms with Crippen molar-refractivity contribution in [3.63, 3.8) is 0 Å². The SMILES string of the molecule is O=C(N[C@@H](CCCC[n+]1ccccn1)C(=O)OCc1ccccc1)OCc1ccccc1. The highest BCUT2D eigenvalue weighted by Crippen LogP contribution is 2.08. The molecule has 0 aliphatic rings. The third-order valence-corrected chi connectivity index (χ3v) is 4.81. The third kappa shape index (κ3) is 8.18. The summed E-state index contributed by atoms with van der Waals surface area (Å²) in [5, 5.41) is 6.89. The molecule has 166 valence electrons. The zero-order valence-corrected chi connectivity index (χ0v) is 17.9. The number of nitrogens with zero attached hydrogens (tertiary/aromatic N) is 2. The van der Waals surface area contributed by atoms with Gasteiger partial charge >= 0.3 is 12.1 Å². The molecule has 0 aliphatic heterocycles. The number of alkyl carbamates (subject to hydrolysis) is 1. The van der Waals surface area contributed by atoms with Gasteiger partial charge in [-0.2, -0.15) is 0 Å². The Morgan fingerprint density at radius 3 is 2.12 bits per heavy atom. The van der Waals surface area contributed by atoms with Gasteiger partial charge in [0.25, 0.3) is 0 Å². The molecule has 1 heterocycles. The van der Waals surface area contributed by atoms with Crippen LogP contribution in [0.4, 0.5) is 4.79 Å². The first-order valence-electron chi connectivity index (χ1n) is 10.7. The molecule has 0 saturated carbocycles. The summed E-state index contributed by atoms with van der Waals surface area (Å²) < 4.78 is 12.6. The molecule has 1 aromatic heterocycles. The topological polar surface area (TPSA) is 81.4 Å². The first-order chi connectivity index (χ1) is 15.7. The lowest BCUT2D eigenvalue weighted by Crippen LogP contribution is -2.42. The number of aryl methyl sites for hydroxylation is 1. The summed E-state index contributed by atoms with van der Waals surface area (Å²) in [7, 11) is 0. The maximum atomic E-state index is 12.7. The maximum Gasteiger partial charge on any atom is 0.408 e. The lowest BCUT2D eigenvalue weighted by Gasteiger charge is -2.17. The van der Waals surface area contributed by atoms with Gasteiger partial charge in [0.1, 0.15) is 19.3 Å². The number of carbonyl (C=O) groups is 2. The van der Waals surface area contributed by atoms with Gasteiger partial charge in [-0.05, 0) is 35.1 Å². The third-order valence-electron chi connectivity index (χ3n) is 4.81. The van der Waals surface area contributed by atoms with Gasteiger partial charge < -0.3 is 14.8 Å². The van der Waals surface area contributed by atoms with Crippen LogP contribution in [-0.2, 0) is 34.0 Å². The number of ether oxygens (including phenoxy) is 2. The second-order valence-electron chi connectivity index (χ2n) is 7.31. The zero-order chi connectivity index (χ0) is 22.4. The van der Waals surface area contributed by atoms with Crippen molar-refractivity contribution < 1.29 is 23.7 Å². The first-order valence-corrected chi connectivity index (χ1v) is 10.7. The standard InChI is InChI=1S/C25H27N3O4/c29-24(31-19-21-11-3-1-4-12-21)23(15-7-9-17-28-18-10-8-16-26-28)27-25(30)32-20-22-13-5-2-6-14-22/h1-6,8,10-14,16,18,23H,7,9,15,17,19-20H2/p+1/t23-/m0/s1. The van der Waals surface area contributed by atoms with Gasteiger partial charge in [0.15, 0.2) is 12.7 Å². The summed E-state index contributed by atoms with van der Waals surface area (Å²) in [4.78, 5) is 25.0. The Morgan fingerprint density at radius 1 is 0.844 bits per heavy atom. The molecule has 0 fully saturated rings. The van der Waals surface area contributed by atoms with E-state index in [-0.39, 0.29) is 13.2 Å². The Labute approximate surface area is 188 Å². The van der Waals surface area contributed by atoms with Gasteiger partial charge in [0.2, 0.25) is 0 Å². The largest absolute Gasteiger partial charge is 0.459 e. The number of rotatable bonds is 11. The highest BCUT2D eigenvalue weighted by Gasteiger charge is 2.23. The van der Waals surface area contributed by atoms with E-state index in [0.29, 0.717) is 12.8 Å². The molecular weight excluding hydrogens is 406 g/mol. The minimum atomic E-state index is -0.782. The molecule has 1 atom stereocenters. The Kier molecular flexibility index (Phi) is 9.20. The molecule has 0 aliphatic carbocycles. The van der Waals surface area contributed by atoms with Gasteiger partial charge in [-0.25, -0.2) is 9.59 Å². The average Bonchev–Trinajstić information content (AvgIpc) is 2.85. The van der Waals surface area contributed by atoms with Crippen molar-refractivity contribution in [2.24, 2.45) is 0 Å². The van der Waals surface area contributed by atoms with Crippen LogP contribution in [0.15, 0.2) is 85.2 Å². The van der Waals surface area contributed by atoms with Gasteiger partial charge in [0, 0.05) is 12.5 Å². The molecule has 1 amide bonds. The van der Waals surface area contributed by atoms with Crippen molar-refractivity contribution in [2.45, 2.75) is 45.1 Å². The zero-order valence-electron chi connectivity index (χ0n) is 17.9. The number of amides is 1. The predicted molar refractivity (Wildman–Crippen MR) is 118 cm³/mol. The smallest absolute Gasteiger partial charge is 0.408 e. The molecular formula is C25H28N3O4+. The van der Waals surface area contributed by atoms with Gasteiger partial charge in [-0.3, -0.25) is 0 Å². The minimum Gasteiger partial charge on any atom is -0.459 e. The van der Waals surface area contributed by atoms with E-state index in [0.717, 1.165) is 24.1 Å². The van der Waals surface area contributed by atoms with Crippen LogP contribution in [0.2, 0.25) is 0 Å². The van der Waals surface area contributed by atoms with Gasteiger partial charge in [-0.1, -0.05) is 65.3 Å². The van der Waals surface area contributed by atoms with E-state index in [1.54, 1.807) is 6.20 Å². The fraction of sp³-hybridized carbons (Fsp3) is 0.280. The molecule has 0 unspecified atom stereocenters. The number of hydrogen-bond donors (Lipinski definition) is 1. The van der Waals surface area contributed by atoms with Crippen LogP contribution in [0.3, 0.4) is 0 Å². The highest BCUT2D eigenvalue weighted by molar-refractivity contribution is 5.81. The van der Waals surface area contributed by atoms with Crippen LogP contribution in [0.5, 0.6) is 0 Å². The number of unbranched alkanes of at least 4 members (excludes halogenated alkanes) is 1. The van der Waals surface area contributed by atoms with Crippen molar-refractivity contribution in [3.05, 3.63) is 96.3 Å². The second-order valence-corrected chi connectivity index (χ2v) is 7.31. The highest BCUT2D eigenvalue weighted by atomic mass is 16.6. The molecule has 0 saturated heterocycles. The number of esters is 1. The van der Waals surface area contributed by atoms with Crippen LogP contribution < -0.4 is 10.00 Å². The van der Waals surface area contributed by atoms with Gasteiger partial charge in [-0.15, -0.1) is 0 Å². The molecule has 7 nitrogen and oxygen atoms in total. The van der Waals surface area contributed by atoms with E-state index in [1.165, 1.54) is 0 Å². The first kappa shape index (κ1) is 22.9. The van der Waals surface area contributed by atoms with Crippen molar-refractivity contribution >= 4 is 12.1 Å². The van der Waals surface area contributed by atoms with E-state index in [9.17, 15) is 9.59 Å². The fourth-order valence-electron chi connectivity index (χ4n) is 3.10. The van der Waals surface area contributed by atoms with Crippen molar-refractivity contribution in [1.29, 1.82) is 0 Å². The summed E-state index contributed by atoms with van der Waals surface area (Å²) in [5.41, 5.74) is 1.76. The lowest BCUT2D eigenvalue weighted by atomic mass is 10.1. The van der Waals surface area contributed by atoms with Crippen LogP contribution in [-0.4, -0.2) is 23.2 Å². The Morgan fingerprint density at radius 2 is 1.50 bits per heavy atom. The molecule has 7 heteroatoms. The number of benzene rings is 2. The number of carbonyl (C=O) groups excluding carboxylic acids is 2. The van der Waals surface area contributed by atoms with E-state index in [4.69, 9.17) is 9.47 Å².